The van der Waals surface area contributed by atoms with Gasteiger partial charge >= 0.3 is 0 Å². The van der Waals surface area contributed by atoms with E-state index in [4.69, 9.17) is 11.6 Å². The van der Waals surface area contributed by atoms with Crippen molar-refractivity contribution in [3.05, 3.63) is 79.6 Å². The summed E-state index contributed by atoms with van der Waals surface area (Å²) in [5, 5.41) is 15.0. The molecule has 4 rings (SSSR count). The second kappa shape index (κ2) is 10.8. The molecule has 1 N–H and O–H groups in total. The number of amides is 1. The van der Waals surface area contributed by atoms with Crippen molar-refractivity contribution in [2.45, 2.75) is 43.8 Å². The third-order valence-corrected chi connectivity index (χ3v) is 6.84. The van der Waals surface area contributed by atoms with E-state index in [2.05, 4.69) is 16.4 Å². The third kappa shape index (κ3) is 5.66. The molecule has 0 fully saturated rings. The molecule has 0 saturated heterocycles. The maximum absolute atomic E-state index is 13.2. The molecule has 0 atom stereocenters. The summed E-state index contributed by atoms with van der Waals surface area (Å²) in [5.41, 5.74) is 1.55. The quantitative estimate of drug-likeness (QED) is 0.143. The highest BCUT2D eigenvalue weighted by Crippen LogP contribution is 2.28. The molecule has 0 radical (unpaired) electrons. The standard InChI is InChI=1S/C24H23ClN4O4S/c25-17-10-11-20(21(14-17)29(32)33)26-22(30)15-34-24-27-19-9-5-4-8-18(19)23(31)28(24)13-12-16-6-2-1-3-7-16/h4-6,8-11,14H,1-3,7,12-13,15H2,(H,26,30). The van der Waals surface area contributed by atoms with Crippen molar-refractivity contribution >= 4 is 51.5 Å². The van der Waals surface area contributed by atoms with Crippen LogP contribution in [-0.4, -0.2) is 26.1 Å². The number of para-hydroxylation sites is 1. The molecule has 2 aromatic carbocycles. The summed E-state index contributed by atoms with van der Waals surface area (Å²) in [5.74, 6) is -0.507. The lowest BCUT2D eigenvalue weighted by Gasteiger charge is -2.16. The van der Waals surface area contributed by atoms with E-state index in [-0.39, 0.29) is 27.7 Å². The second-order valence-electron chi connectivity index (χ2n) is 7.98. The summed E-state index contributed by atoms with van der Waals surface area (Å²) in [6, 6.07) is 11.2. The summed E-state index contributed by atoms with van der Waals surface area (Å²) in [6.07, 6.45) is 7.48. The Hall–Kier alpha value is -3.17. The summed E-state index contributed by atoms with van der Waals surface area (Å²) >= 11 is 6.97. The van der Waals surface area contributed by atoms with Gasteiger partial charge in [0.2, 0.25) is 5.91 Å². The van der Waals surface area contributed by atoms with E-state index in [1.54, 1.807) is 22.8 Å². The number of benzene rings is 2. The normalized spacial score (nSPS) is 13.5. The summed E-state index contributed by atoms with van der Waals surface area (Å²) < 4.78 is 1.63. The van der Waals surface area contributed by atoms with Gasteiger partial charge in [-0.05, 0) is 56.4 Å². The lowest BCUT2D eigenvalue weighted by atomic mass is 9.97. The number of nitrogens with zero attached hydrogens (tertiary/aromatic N) is 3. The summed E-state index contributed by atoms with van der Waals surface area (Å²) in [7, 11) is 0. The number of carbonyl (C=O) groups is 1. The SMILES string of the molecule is O=C(CSc1nc2ccccc2c(=O)n1CCC1=CCCCC1)Nc1ccc(Cl)cc1[N+](=O)[O-]. The number of hydrogen-bond donors (Lipinski definition) is 1. The van der Waals surface area contributed by atoms with Crippen LogP contribution < -0.4 is 10.9 Å². The largest absolute Gasteiger partial charge is 0.320 e. The number of thioether (sulfide) groups is 1. The first-order chi connectivity index (χ1) is 16.4. The van der Waals surface area contributed by atoms with E-state index in [1.807, 2.05) is 6.07 Å². The number of rotatable bonds is 8. The number of nitro groups is 1. The minimum absolute atomic E-state index is 0.0622. The first-order valence-electron chi connectivity index (χ1n) is 11.0. The smallest absolute Gasteiger partial charge is 0.294 e. The molecule has 0 unspecified atom stereocenters. The second-order valence-corrected chi connectivity index (χ2v) is 9.36. The summed E-state index contributed by atoms with van der Waals surface area (Å²) in [4.78, 5) is 41.1. The van der Waals surface area contributed by atoms with Gasteiger partial charge in [0.25, 0.3) is 11.2 Å². The van der Waals surface area contributed by atoms with Crippen LogP contribution in [0, 0.1) is 10.1 Å². The molecule has 10 heteroatoms. The number of carbonyl (C=O) groups excluding carboxylic acids is 1. The third-order valence-electron chi connectivity index (χ3n) is 5.63. The fraction of sp³-hybridized carbons (Fsp3) is 0.292. The van der Waals surface area contributed by atoms with Crippen LogP contribution in [-0.2, 0) is 11.3 Å². The molecular weight excluding hydrogens is 476 g/mol. The number of nitro benzene ring substituents is 1. The van der Waals surface area contributed by atoms with Crippen LogP contribution >= 0.6 is 23.4 Å². The van der Waals surface area contributed by atoms with Gasteiger partial charge < -0.3 is 5.32 Å². The molecule has 34 heavy (non-hydrogen) atoms. The van der Waals surface area contributed by atoms with E-state index < -0.39 is 10.8 Å². The average molecular weight is 499 g/mol. The minimum Gasteiger partial charge on any atom is -0.320 e. The number of nitrogens with one attached hydrogen (secondary N) is 1. The lowest BCUT2D eigenvalue weighted by molar-refractivity contribution is -0.383. The molecule has 8 nitrogen and oxygen atoms in total. The maximum atomic E-state index is 13.2. The first-order valence-corrected chi connectivity index (χ1v) is 12.3. The van der Waals surface area contributed by atoms with Gasteiger partial charge in [0.05, 0.1) is 21.6 Å². The molecular formula is C24H23ClN4O4S. The Morgan fingerprint density at radius 3 is 2.82 bits per heavy atom. The van der Waals surface area contributed by atoms with Crippen LogP contribution in [0.1, 0.15) is 32.1 Å². The molecule has 0 spiro atoms. The first kappa shape index (κ1) is 24.0. The van der Waals surface area contributed by atoms with Crippen LogP contribution in [0.3, 0.4) is 0 Å². The highest BCUT2D eigenvalue weighted by atomic mass is 35.5. The Labute approximate surface area is 205 Å². The lowest BCUT2D eigenvalue weighted by Crippen LogP contribution is -2.24. The van der Waals surface area contributed by atoms with Gasteiger partial charge in [-0.3, -0.25) is 24.3 Å². The number of fused-ring (bicyclic) bond motifs is 1. The molecule has 0 aliphatic heterocycles. The Kier molecular flexibility index (Phi) is 7.64. The minimum atomic E-state index is -0.600. The Balaban J connectivity index is 1.54. The van der Waals surface area contributed by atoms with Gasteiger partial charge in [-0.2, -0.15) is 0 Å². The molecule has 0 bridgehead atoms. The molecule has 1 aliphatic rings. The summed E-state index contributed by atoms with van der Waals surface area (Å²) in [6.45, 7) is 0.481. The highest BCUT2D eigenvalue weighted by Gasteiger charge is 2.18. The Morgan fingerprint density at radius 2 is 2.06 bits per heavy atom. The maximum Gasteiger partial charge on any atom is 0.294 e. The average Bonchev–Trinajstić information content (AvgIpc) is 2.84. The molecule has 0 saturated carbocycles. The van der Waals surface area contributed by atoms with Crippen molar-refractivity contribution in [1.29, 1.82) is 0 Å². The molecule has 1 aromatic heterocycles. The van der Waals surface area contributed by atoms with Crippen molar-refractivity contribution < 1.29 is 9.72 Å². The molecule has 3 aromatic rings. The highest BCUT2D eigenvalue weighted by molar-refractivity contribution is 7.99. The van der Waals surface area contributed by atoms with Crippen LogP contribution in [0.5, 0.6) is 0 Å². The van der Waals surface area contributed by atoms with Gasteiger partial charge in [0.1, 0.15) is 5.69 Å². The number of anilines is 1. The van der Waals surface area contributed by atoms with Gasteiger partial charge in [-0.1, -0.05) is 47.1 Å². The molecule has 1 amide bonds. The zero-order valence-electron chi connectivity index (χ0n) is 18.3. The van der Waals surface area contributed by atoms with Gasteiger partial charge in [0.15, 0.2) is 5.16 Å². The number of allylic oxidation sites excluding steroid dienone is 2. The van der Waals surface area contributed by atoms with E-state index in [1.165, 1.54) is 30.2 Å². The topological polar surface area (TPSA) is 107 Å². The predicted molar refractivity (Wildman–Crippen MR) is 135 cm³/mol. The van der Waals surface area contributed by atoms with E-state index in [0.29, 0.717) is 22.6 Å². The zero-order valence-corrected chi connectivity index (χ0v) is 19.9. The van der Waals surface area contributed by atoms with Crippen LogP contribution in [0.4, 0.5) is 11.4 Å². The predicted octanol–water partition coefficient (Wildman–Crippen LogP) is 5.58. The van der Waals surface area contributed by atoms with Crippen molar-refractivity contribution in [3.8, 4) is 0 Å². The fourth-order valence-corrected chi connectivity index (χ4v) is 4.91. The van der Waals surface area contributed by atoms with Crippen LogP contribution in [0.2, 0.25) is 5.02 Å². The van der Waals surface area contributed by atoms with Crippen molar-refractivity contribution in [2.75, 3.05) is 11.1 Å². The monoisotopic (exact) mass is 498 g/mol. The van der Waals surface area contributed by atoms with Crippen LogP contribution in [0.25, 0.3) is 10.9 Å². The Morgan fingerprint density at radius 1 is 1.24 bits per heavy atom. The fourth-order valence-electron chi connectivity index (χ4n) is 3.92. The zero-order chi connectivity index (χ0) is 24.1. The van der Waals surface area contributed by atoms with Gasteiger partial charge in [-0.25, -0.2) is 4.98 Å². The van der Waals surface area contributed by atoms with Gasteiger partial charge in [0, 0.05) is 17.6 Å². The molecule has 1 aliphatic carbocycles. The van der Waals surface area contributed by atoms with Gasteiger partial charge in [-0.15, -0.1) is 0 Å². The van der Waals surface area contributed by atoms with Crippen LogP contribution in [0.15, 0.2) is 64.1 Å². The van der Waals surface area contributed by atoms with Crippen molar-refractivity contribution in [3.63, 3.8) is 0 Å². The van der Waals surface area contributed by atoms with E-state index in [9.17, 15) is 19.7 Å². The van der Waals surface area contributed by atoms with Crippen molar-refractivity contribution in [2.24, 2.45) is 0 Å². The number of aromatic nitrogens is 2. The van der Waals surface area contributed by atoms with E-state index >= 15 is 0 Å². The van der Waals surface area contributed by atoms with Crippen molar-refractivity contribution in [1.82, 2.24) is 9.55 Å². The van der Waals surface area contributed by atoms with E-state index in [0.717, 1.165) is 37.4 Å². The number of halogens is 1. The Bertz CT molecular complexity index is 1340. The number of hydrogen-bond acceptors (Lipinski definition) is 6. The molecule has 1 heterocycles. The molecule has 176 valence electrons.